The van der Waals surface area contributed by atoms with Gasteiger partial charge in [0.05, 0.1) is 12.8 Å². The van der Waals surface area contributed by atoms with E-state index in [2.05, 4.69) is 10.3 Å². The Labute approximate surface area is 205 Å². The van der Waals surface area contributed by atoms with E-state index in [9.17, 15) is 9.59 Å². The van der Waals surface area contributed by atoms with Crippen LogP contribution in [-0.2, 0) is 16.1 Å². The van der Waals surface area contributed by atoms with Crippen LogP contribution in [0, 0.1) is 0 Å². The van der Waals surface area contributed by atoms with Gasteiger partial charge < -0.3 is 14.4 Å². The average molecular weight is 487 g/mol. The second-order valence-electron chi connectivity index (χ2n) is 9.81. The Morgan fingerprint density at radius 1 is 1.09 bits per heavy atom. The largest absolute Gasteiger partial charge is 0.497 e. The fourth-order valence-electron chi connectivity index (χ4n) is 4.37. The summed E-state index contributed by atoms with van der Waals surface area (Å²) in [6, 6.07) is 7.53. The van der Waals surface area contributed by atoms with E-state index >= 15 is 0 Å². The summed E-state index contributed by atoms with van der Waals surface area (Å²) in [4.78, 5) is 36.4. The summed E-state index contributed by atoms with van der Waals surface area (Å²) < 4.78 is 10.7. The molecule has 4 rings (SSSR count). The molecule has 1 aromatic heterocycles. The van der Waals surface area contributed by atoms with E-state index in [0.717, 1.165) is 48.1 Å². The van der Waals surface area contributed by atoms with Gasteiger partial charge in [-0.15, -0.1) is 11.3 Å². The van der Waals surface area contributed by atoms with Gasteiger partial charge in [-0.1, -0.05) is 0 Å². The van der Waals surface area contributed by atoms with E-state index < -0.39 is 17.7 Å². The van der Waals surface area contributed by atoms with Gasteiger partial charge in [0, 0.05) is 50.2 Å². The molecule has 0 N–H and O–H groups in total. The van der Waals surface area contributed by atoms with Gasteiger partial charge in [-0.3, -0.25) is 14.6 Å². The van der Waals surface area contributed by atoms with E-state index in [-0.39, 0.29) is 5.91 Å². The van der Waals surface area contributed by atoms with Gasteiger partial charge in [0.2, 0.25) is 5.91 Å². The quantitative estimate of drug-likeness (QED) is 0.639. The van der Waals surface area contributed by atoms with Crippen molar-refractivity contribution in [2.75, 3.05) is 39.8 Å². The Kier molecular flexibility index (Phi) is 7.42. The minimum atomic E-state index is -0.568. The zero-order valence-corrected chi connectivity index (χ0v) is 21.3. The number of aromatic nitrogens is 1. The molecule has 9 heteroatoms. The SMILES string of the molecule is COc1ccc(-c2nc(CN3CCN(C(=O)[C@@H]4CCCN4C(=O)OC(C)(C)C)CC3)cs2)cc1. The van der Waals surface area contributed by atoms with Crippen molar-refractivity contribution in [2.45, 2.75) is 51.8 Å². The number of piperazine rings is 1. The van der Waals surface area contributed by atoms with Crippen LogP contribution < -0.4 is 4.74 Å². The van der Waals surface area contributed by atoms with Crippen molar-refractivity contribution in [2.24, 2.45) is 0 Å². The molecule has 2 amide bonds. The lowest BCUT2D eigenvalue weighted by Gasteiger charge is -2.37. The van der Waals surface area contributed by atoms with Crippen molar-refractivity contribution in [1.29, 1.82) is 0 Å². The van der Waals surface area contributed by atoms with E-state index in [1.807, 2.05) is 49.9 Å². The second kappa shape index (κ2) is 10.3. The lowest BCUT2D eigenvalue weighted by Crippen LogP contribution is -2.54. The smallest absolute Gasteiger partial charge is 0.410 e. The van der Waals surface area contributed by atoms with Gasteiger partial charge in [-0.25, -0.2) is 9.78 Å². The topological polar surface area (TPSA) is 75.2 Å². The molecule has 0 bridgehead atoms. The van der Waals surface area contributed by atoms with E-state index in [1.165, 1.54) is 0 Å². The predicted octanol–water partition coefficient (Wildman–Crippen LogP) is 3.86. The highest BCUT2D eigenvalue weighted by Crippen LogP contribution is 2.27. The Hall–Kier alpha value is -2.65. The van der Waals surface area contributed by atoms with Crippen molar-refractivity contribution >= 4 is 23.3 Å². The van der Waals surface area contributed by atoms with Crippen LogP contribution in [0.4, 0.5) is 4.79 Å². The van der Waals surface area contributed by atoms with Crippen LogP contribution in [0.1, 0.15) is 39.3 Å². The highest BCUT2D eigenvalue weighted by atomic mass is 32.1. The molecule has 3 heterocycles. The Morgan fingerprint density at radius 3 is 2.44 bits per heavy atom. The molecule has 0 aliphatic carbocycles. The normalized spacial score (nSPS) is 19.4. The molecule has 2 aliphatic rings. The monoisotopic (exact) mass is 486 g/mol. The van der Waals surface area contributed by atoms with Gasteiger partial charge in [-0.2, -0.15) is 0 Å². The molecule has 2 aromatic rings. The van der Waals surface area contributed by atoms with Crippen molar-refractivity contribution in [3.63, 3.8) is 0 Å². The third-order valence-electron chi connectivity index (χ3n) is 6.12. The third kappa shape index (κ3) is 5.88. The zero-order valence-electron chi connectivity index (χ0n) is 20.5. The number of hydrogen-bond donors (Lipinski definition) is 0. The molecule has 8 nitrogen and oxygen atoms in total. The number of benzene rings is 1. The molecule has 0 saturated carbocycles. The summed E-state index contributed by atoms with van der Waals surface area (Å²) >= 11 is 1.64. The lowest BCUT2D eigenvalue weighted by atomic mass is 10.1. The van der Waals surface area contributed by atoms with Crippen LogP contribution in [0.3, 0.4) is 0 Å². The van der Waals surface area contributed by atoms with Crippen LogP contribution in [-0.4, -0.2) is 83.2 Å². The maximum absolute atomic E-state index is 13.2. The summed E-state index contributed by atoms with van der Waals surface area (Å²) in [5.74, 6) is 0.873. The molecule has 0 spiro atoms. The highest BCUT2D eigenvalue weighted by Gasteiger charge is 2.39. The summed E-state index contributed by atoms with van der Waals surface area (Å²) in [5.41, 5.74) is 1.56. The molecule has 2 fully saturated rings. The Bertz CT molecular complexity index is 993. The van der Waals surface area contributed by atoms with E-state index in [4.69, 9.17) is 14.5 Å². The Balaban J connectivity index is 1.29. The third-order valence-corrected chi connectivity index (χ3v) is 7.06. The maximum Gasteiger partial charge on any atom is 0.410 e. The zero-order chi connectivity index (χ0) is 24.3. The summed E-state index contributed by atoms with van der Waals surface area (Å²) in [5, 5.41) is 3.10. The van der Waals surface area contributed by atoms with Crippen molar-refractivity contribution in [3.05, 3.63) is 35.3 Å². The number of carbonyl (C=O) groups is 2. The number of rotatable bonds is 5. The number of hydrogen-bond acceptors (Lipinski definition) is 7. The fraction of sp³-hybridized carbons (Fsp3) is 0.560. The molecule has 1 atom stereocenters. The molecule has 0 radical (unpaired) electrons. The number of nitrogens with zero attached hydrogens (tertiary/aromatic N) is 4. The highest BCUT2D eigenvalue weighted by molar-refractivity contribution is 7.13. The molecule has 2 saturated heterocycles. The van der Waals surface area contributed by atoms with Crippen LogP contribution in [0.5, 0.6) is 5.75 Å². The first-order valence-corrected chi connectivity index (χ1v) is 12.7. The molecule has 0 unspecified atom stereocenters. The second-order valence-corrected chi connectivity index (χ2v) is 10.7. The van der Waals surface area contributed by atoms with Gasteiger partial charge in [-0.05, 0) is 57.9 Å². The van der Waals surface area contributed by atoms with E-state index in [0.29, 0.717) is 26.1 Å². The maximum atomic E-state index is 13.2. The summed E-state index contributed by atoms with van der Waals surface area (Å²) in [6.45, 7) is 9.78. The van der Waals surface area contributed by atoms with Crippen molar-refractivity contribution in [3.8, 4) is 16.3 Å². The minimum Gasteiger partial charge on any atom is -0.497 e. The number of thiazole rings is 1. The van der Waals surface area contributed by atoms with Gasteiger partial charge in [0.1, 0.15) is 22.4 Å². The van der Waals surface area contributed by atoms with Crippen molar-refractivity contribution < 1.29 is 19.1 Å². The predicted molar refractivity (Wildman–Crippen MR) is 132 cm³/mol. The summed E-state index contributed by atoms with van der Waals surface area (Å²) in [6.07, 6.45) is 1.14. The van der Waals surface area contributed by atoms with Crippen LogP contribution >= 0.6 is 11.3 Å². The summed E-state index contributed by atoms with van der Waals surface area (Å²) in [7, 11) is 1.66. The Morgan fingerprint density at radius 2 is 1.79 bits per heavy atom. The average Bonchev–Trinajstić information content (AvgIpc) is 3.48. The molecule has 2 aliphatic heterocycles. The number of carbonyl (C=O) groups excluding carboxylic acids is 2. The number of amides is 2. The molecule has 34 heavy (non-hydrogen) atoms. The first-order valence-electron chi connectivity index (χ1n) is 11.8. The first-order chi connectivity index (χ1) is 16.2. The standard InChI is InChI=1S/C25H34N4O4S/c1-25(2,3)33-24(31)29-11-5-6-21(29)23(30)28-14-12-27(13-15-28)16-19-17-34-22(26-19)18-7-9-20(32-4)10-8-18/h7-10,17,21H,5-6,11-16H2,1-4H3/t21-/m0/s1. The molecule has 1 aromatic carbocycles. The first kappa shape index (κ1) is 24.5. The molecular formula is C25H34N4O4S. The fourth-order valence-corrected chi connectivity index (χ4v) is 5.19. The van der Waals surface area contributed by atoms with Crippen LogP contribution in [0.2, 0.25) is 0 Å². The molecular weight excluding hydrogens is 452 g/mol. The molecule has 184 valence electrons. The minimum absolute atomic E-state index is 0.0402. The van der Waals surface area contributed by atoms with Gasteiger partial charge in [0.15, 0.2) is 0 Å². The van der Waals surface area contributed by atoms with Gasteiger partial charge in [0.25, 0.3) is 0 Å². The number of likely N-dealkylation sites (tertiary alicyclic amines) is 1. The lowest BCUT2D eigenvalue weighted by molar-refractivity contribution is -0.137. The van der Waals surface area contributed by atoms with E-state index in [1.54, 1.807) is 23.3 Å². The number of methoxy groups -OCH3 is 1. The number of ether oxygens (including phenoxy) is 2. The van der Waals surface area contributed by atoms with Crippen molar-refractivity contribution in [1.82, 2.24) is 19.7 Å². The van der Waals surface area contributed by atoms with Crippen LogP contribution in [0.25, 0.3) is 10.6 Å². The van der Waals surface area contributed by atoms with Crippen LogP contribution in [0.15, 0.2) is 29.6 Å². The van der Waals surface area contributed by atoms with Gasteiger partial charge >= 0.3 is 6.09 Å².